The second kappa shape index (κ2) is 5.68. The van der Waals surface area contributed by atoms with Crippen molar-refractivity contribution in [2.24, 2.45) is 0 Å². The highest BCUT2D eigenvalue weighted by molar-refractivity contribution is 5.85. The molecular weight excluding hydrogens is 266 g/mol. The average Bonchev–Trinajstić information content (AvgIpc) is 2.84. The van der Waals surface area contributed by atoms with Crippen molar-refractivity contribution in [1.29, 1.82) is 0 Å². The minimum atomic E-state index is -1.14. The molecule has 1 saturated heterocycles. The summed E-state index contributed by atoms with van der Waals surface area (Å²) in [6.07, 6.45) is -2.01. The van der Waals surface area contributed by atoms with Gasteiger partial charge < -0.3 is 15.5 Å². The molecule has 1 aliphatic heterocycles. The van der Waals surface area contributed by atoms with Gasteiger partial charge in [-0.3, -0.25) is 4.79 Å². The number of carbonyl (C=O) groups is 1. The Balaban J connectivity index is 1.95. The molecule has 4 nitrogen and oxygen atoms in total. The fourth-order valence-corrected chi connectivity index (χ4v) is 2.90. The van der Waals surface area contributed by atoms with Gasteiger partial charge in [0.15, 0.2) is 0 Å². The van der Waals surface area contributed by atoms with Crippen LogP contribution < -0.4 is 5.32 Å². The van der Waals surface area contributed by atoms with Gasteiger partial charge in [-0.1, -0.05) is 60.7 Å². The minimum absolute atomic E-state index is 0.441. The van der Waals surface area contributed by atoms with Crippen LogP contribution in [-0.4, -0.2) is 28.3 Å². The van der Waals surface area contributed by atoms with E-state index in [1.165, 1.54) is 0 Å². The fourth-order valence-electron chi connectivity index (χ4n) is 2.90. The maximum Gasteiger partial charge on any atom is 0.249 e. The van der Waals surface area contributed by atoms with Crippen LogP contribution in [0.25, 0.3) is 0 Å². The van der Waals surface area contributed by atoms with Gasteiger partial charge in [0.05, 0.1) is 12.1 Å². The molecule has 2 aromatic carbocycles. The Bertz CT molecular complexity index is 614. The Kier molecular flexibility index (Phi) is 3.73. The van der Waals surface area contributed by atoms with E-state index in [9.17, 15) is 15.0 Å². The highest BCUT2D eigenvalue weighted by Crippen LogP contribution is 2.35. The molecule has 21 heavy (non-hydrogen) atoms. The molecule has 0 radical (unpaired) electrons. The molecule has 1 aliphatic rings. The van der Waals surface area contributed by atoms with Gasteiger partial charge in [0.2, 0.25) is 5.91 Å². The molecule has 0 aromatic heterocycles. The summed E-state index contributed by atoms with van der Waals surface area (Å²) in [6, 6.07) is 17.9. The lowest BCUT2D eigenvalue weighted by Gasteiger charge is -2.25. The summed E-state index contributed by atoms with van der Waals surface area (Å²) in [4.78, 5) is 11.8. The first-order chi connectivity index (χ1) is 10.2. The Morgan fingerprint density at radius 2 is 1.52 bits per heavy atom. The van der Waals surface area contributed by atoms with Crippen LogP contribution in [0.5, 0.6) is 0 Å². The summed E-state index contributed by atoms with van der Waals surface area (Å²) >= 11 is 0. The largest absolute Gasteiger partial charge is 0.386 e. The van der Waals surface area contributed by atoms with Crippen molar-refractivity contribution < 1.29 is 15.0 Å². The van der Waals surface area contributed by atoms with Gasteiger partial charge in [-0.15, -0.1) is 0 Å². The van der Waals surface area contributed by atoms with E-state index in [2.05, 4.69) is 5.32 Å². The van der Waals surface area contributed by atoms with Crippen molar-refractivity contribution >= 4 is 5.91 Å². The zero-order valence-electron chi connectivity index (χ0n) is 11.4. The van der Waals surface area contributed by atoms with Gasteiger partial charge in [0, 0.05) is 5.92 Å². The SMILES string of the molecule is O=C1N[C@@H]([C@@H](O)c2ccccc2)[C@@H](c2ccccc2)[C@@H]1O. The summed E-state index contributed by atoms with van der Waals surface area (Å²) in [7, 11) is 0. The van der Waals surface area contributed by atoms with Crippen molar-refractivity contribution in [1.82, 2.24) is 5.32 Å². The van der Waals surface area contributed by atoms with E-state index in [0.29, 0.717) is 0 Å². The Morgan fingerprint density at radius 3 is 2.14 bits per heavy atom. The first-order valence-electron chi connectivity index (χ1n) is 6.95. The third kappa shape index (κ3) is 2.55. The van der Waals surface area contributed by atoms with Crippen LogP contribution in [0.4, 0.5) is 0 Å². The Morgan fingerprint density at radius 1 is 0.952 bits per heavy atom. The molecule has 2 aromatic rings. The van der Waals surface area contributed by atoms with E-state index in [4.69, 9.17) is 0 Å². The number of rotatable bonds is 3. The van der Waals surface area contributed by atoms with Gasteiger partial charge in [-0.2, -0.15) is 0 Å². The van der Waals surface area contributed by atoms with Gasteiger partial charge in [-0.05, 0) is 11.1 Å². The van der Waals surface area contributed by atoms with Gasteiger partial charge in [0.25, 0.3) is 0 Å². The highest BCUT2D eigenvalue weighted by Gasteiger charge is 2.45. The zero-order valence-corrected chi connectivity index (χ0v) is 11.4. The van der Waals surface area contributed by atoms with Crippen LogP contribution in [0.2, 0.25) is 0 Å². The van der Waals surface area contributed by atoms with E-state index in [1.807, 2.05) is 60.7 Å². The van der Waals surface area contributed by atoms with Crippen LogP contribution in [0.15, 0.2) is 60.7 Å². The van der Waals surface area contributed by atoms with Crippen LogP contribution in [0.1, 0.15) is 23.1 Å². The number of amides is 1. The average molecular weight is 283 g/mol. The molecule has 4 atom stereocenters. The quantitative estimate of drug-likeness (QED) is 0.796. The van der Waals surface area contributed by atoms with Crippen LogP contribution in [0, 0.1) is 0 Å². The molecule has 108 valence electrons. The molecule has 1 fully saturated rings. The van der Waals surface area contributed by atoms with Gasteiger partial charge in [0.1, 0.15) is 6.10 Å². The Hall–Kier alpha value is -2.17. The molecule has 0 aliphatic carbocycles. The van der Waals surface area contributed by atoms with E-state index < -0.39 is 30.1 Å². The number of benzene rings is 2. The van der Waals surface area contributed by atoms with Gasteiger partial charge >= 0.3 is 0 Å². The lowest BCUT2D eigenvalue weighted by Crippen LogP contribution is -2.34. The molecule has 3 N–H and O–H groups in total. The maximum atomic E-state index is 11.8. The van der Waals surface area contributed by atoms with E-state index in [-0.39, 0.29) is 0 Å². The standard InChI is InChI=1S/C17H17NO3/c19-15(12-9-5-2-6-10-12)14-13(16(20)17(21)18-14)11-7-3-1-4-8-11/h1-10,13-16,19-20H,(H,18,21)/t13-,14-,15+,16+/m1/s1. The molecule has 0 bridgehead atoms. The monoisotopic (exact) mass is 283 g/mol. The molecule has 0 spiro atoms. The highest BCUT2D eigenvalue weighted by atomic mass is 16.3. The van der Waals surface area contributed by atoms with Crippen LogP contribution >= 0.6 is 0 Å². The first-order valence-corrected chi connectivity index (χ1v) is 6.95. The second-order valence-electron chi connectivity index (χ2n) is 5.27. The first kappa shape index (κ1) is 13.8. The minimum Gasteiger partial charge on any atom is -0.386 e. The fraction of sp³-hybridized carbons (Fsp3) is 0.235. The second-order valence-corrected chi connectivity index (χ2v) is 5.27. The summed E-state index contributed by atoms with van der Waals surface area (Å²) in [5, 5.41) is 23.4. The van der Waals surface area contributed by atoms with Crippen molar-refractivity contribution in [3.05, 3.63) is 71.8 Å². The van der Waals surface area contributed by atoms with Crippen LogP contribution in [-0.2, 0) is 4.79 Å². The smallest absolute Gasteiger partial charge is 0.249 e. The van der Waals surface area contributed by atoms with Crippen molar-refractivity contribution in [3.63, 3.8) is 0 Å². The number of hydrogen-bond donors (Lipinski definition) is 3. The number of aliphatic hydroxyl groups excluding tert-OH is 2. The van der Waals surface area contributed by atoms with E-state index in [1.54, 1.807) is 0 Å². The zero-order chi connectivity index (χ0) is 14.8. The maximum absolute atomic E-state index is 11.8. The number of hydrogen-bond acceptors (Lipinski definition) is 3. The normalized spacial score (nSPS) is 26.4. The lowest BCUT2D eigenvalue weighted by atomic mass is 9.85. The molecule has 0 saturated carbocycles. The number of aliphatic hydroxyl groups is 2. The van der Waals surface area contributed by atoms with E-state index >= 15 is 0 Å². The number of nitrogens with one attached hydrogen (secondary N) is 1. The Labute approximate surface area is 123 Å². The van der Waals surface area contributed by atoms with Crippen molar-refractivity contribution in [3.8, 4) is 0 Å². The topological polar surface area (TPSA) is 69.6 Å². The molecular formula is C17H17NO3. The molecule has 1 heterocycles. The summed E-state index contributed by atoms with van der Waals surface area (Å²) in [5.74, 6) is -0.905. The molecule has 0 unspecified atom stereocenters. The third-order valence-corrected chi connectivity index (χ3v) is 3.97. The lowest BCUT2D eigenvalue weighted by molar-refractivity contribution is -0.126. The summed E-state index contributed by atoms with van der Waals surface area (Å²) < 4.78 is 0. The molecule has 4 heteroatoms. The predicted octanol–water partition coefficient (Wildman–Crippen LogP) is 1.36. The number of carbonyl (C=O) groups excluding carboxylic acids is 1. The van der Waals surface area contributed by atoms with Crippen molar-refractivity contribution in [2.45, 2.75) is 24.2 Å². The van der Waals surface area contributed by atoms with E-state index in [0.717, 1.165) is 11.1 Å². The summed E-state index contributed by atoms with van der Waals surface area (Å²) in [6.45, 7) is 0. The third-order valence-electron chi connectivity index (χ3n) is 3.97. The van der Waals surface area contributed by atoms with Crippen molar-refractivity contribution in [2.75, 3.05) is 0 Å². The molecule has 3 rings (SSSR count). The molecule has 1 amide bonds. The van der Waals surface area contributed by atoms with Crippen LogP contribution in [0.3, 0.4) is 0 Å². The summed E-state index contributed by atoms with van der Waals surface area (Å²) in [5.41, 5.74) is 1.56. The predicted molar refractivity (Wildman–Crippen MR) is 78.5 cm³/mol. The van der Waals surface area contributed by atoms with Gasteiger partial charge in [-0.25, -0.2) is 0 Å².